The summed E-state index contributed by atoms with van der Waals surface area (Å²) < 4.78 is 0. The number of rotatable bonds is 4. The zero-order chi connectivity index (χ0) is 17.6. The smallest absolute Gasteiger partial charge is 0.238 e. The van der Waals surface area contributed by atoms with Gasteiger partial charge in [0.05, 0.1) is 6.54 Å². The summed E-state index contributed by atoms with van der Waals surface area (Å²) in [6, 6.07) is 7.92. The Kier molecular flexibility index (Phi) is 6.65. The van der Waals surface area contributed by atoms with E-state index in [2.05, 4.69) is 15.2 Å². The van der Waals surface area contributed by atoms with Crippen molar-refractivity contribution in [1.29, 1.82) is 0 Å². The lowest BCUT2D eigenvalue weighted by Crippen LogP contribution is -2.38. The number of halogens is 1. The first kappa shape index (κ1) is 18.6. The minimum absolute atomic E-state index is 0.0491. The summed E-state index contributed by atoms with van der Waals surface area (Å²) in [5.74, 6) is 0.0491. The maximum absolute atomic E-state index is 13.1. The number of amides is 1. The molecule has 0 bridgehead atoms. The van der Waals surface area contributed by atoms with E-state index in [9.17, 15) is 4.79 Å². The van der Waals surface area contributed by atoms with Gasteiger partial charge in [0.25, 0.3) is 0 Å². The average Bonchev–Trinajstić information content (AvgIpc) is 2.83. The monoisotopic (exact) mass is 379 g/mol. The van der Waals surface area contributed by atoms with E-state index in [1.807, 2.05) is 31.3 Å². The van der Waals surface area contributed by atoms with Gasteiger partial charge >= 0.3 is 0 Å². The quantitative estimate of drug-likeness (QED) is 0.795. The molecule has 1 saturated carbocycles. The third-order valence-corrected chi connectivity index (χ3v) is 6.56. The van der Waals surface area contributed by atoms with Crippen LogP contribution in [0.1, 0.15) is 49.3 Å². The number of likely N-dealkylation sites (N-methyl/N-ethyl adjacent to an activating group) is 1. The SMILES string of the molecule is CN1CCN=C1SC(C(=O)NC1CCCCCC1)c1ccccc1Cl. The van der Waals surface area contributed by atoms with Gasteiger partial charge in [-0.05, 0) is 24.5 Å². The first-order valence-corrected chi connectivity index (χ1v) is 10.4. The molecule has 1 aromatic rings. The lowest BCUT2D eigenvalue weighted by molar-refractivity contribution is -0.121. The van der Waals surface area contributed by atoms with Crippen LogP contribution in [-0.2, 0) is 4.79 Å². The highest BCUT2D eigenvalue weighted by Crippen LogP contribution is 2.36. The predicted octanol–water partition coefficient (Wildman–Crippen LogP) is 4.25. The van der Waals surface area contributed by atoms with Gasteiger partial charge in [0, 0.05) is 24.7 Å². The highest BCUT2D eigenvalue weighted by Gasteiger charge is 2.29. The van der Waals surface area contributed by atoms with Crippen molar-refractivity contribution in [3.63, 3.8) is 0 Å². The second kappa shape index (κ2) is 8.95. The summed E-state index contributed by atoms with van der Waals surface area (Å²) in [6.45, 7) is 1.69. The van der Waals surface area contributed by atoms with Crippen LogP contribution in [0.3, 0.4) is 0 Å². The van der Waals surface area contributed by atoms with E-state index in [0.29, 0.717) is 5.02 Å². The molecule has 1 aliphatic heterocycles. The minimum Gasteiger partial charge on any atom is -0.353 e. The van der Waals surface area contributed by atoms with E-state index in [1.54, 1.807) is 0 Å². The van der Waals surface area contributed by atoms with Crippen molar-refractivity contribution in [2.24, 2.45) is 4.99 Å². The molecular formula is C19H26ClN3OS. The molecular weight excluding hydrogens is 354 g/mol. The number of aliphatic imine (C=N–C) groups is 1. The summed E-state index contributed by atoms with van der Waals surface area (Å²) in [5.41, 5.74) is 0.864. The topological polar surface area (TPSA) is 44.7 Å². The Morgan fingerprint density at radius 1 is 1.28 bits per heavy atom. The maximum atomic E-state index is 13.1. The number of hydrogen-bond donors (Lipinski definition) is 1. The molecule has 0 radical (unpaired) electrons. The van der Waals surface area contributed by atoms with Crippen molar-refractivity contribution in [2.45, 2.75) is 49.8 Å². The Labute approximate surface area is 159 Å². The number of nitrogens with zero attached hydrogens (tertiary/aromatic N) is 2. The van der Waals surface area contributed by atoms with Crippen molar-refractivity contribution < 1.29 is 4.79 Å². The van der Waals surface area contributed by atoms with Crippen LogP contribution in [0.15, 0.2) is 29.3 Å². The molecule has 0 spiro atoms. The Balaban J connectivity index is 1.77. The van der Waals surface area contributed by atoms with Crippen LogP contribution >= 0.6 is 23.4 Å². The molecule has 1 aliphatic carbocycles. The zero-order valence-electron chi connectivity index (χ0n) is 14.7. The van der Waals surface area contributed by atoms with Gasteiger partial charge in [-0.3, -0.25) is 9.79 Å². The summed E-state index contributed by atoms with van der Waals surface area (Å²) in [4.78, 5) is 19.7. The van der Waals surface area contributed by atoms with Crippen molar-refractivity contribution in [3.05, 3.63) is 34.9 Å². The van der Waals surface area contributed by atoms with E-state index < -0.39 is 0 Å². The molecule has 1 unspecified atom stereocenters. The first-order chi connectivity index (χ1) is 12.1. The highest BCUT2D eigenvalue weighted by molar-refractivity contribution is 8.14. The third-order valence-electron chi connectivity index (χ3n) is 4.86. The van der Waals surface area contributed by atoms with Gasteiger partial charge in [-0.25, -0.2) is 0 Å². The maximum Gasteiger partial charge on any atom is 0.238 e. The molecule has 3 rings (SSSR count). The van der Waals surface area contributed by atoms with E-state index in [4.69, 9.17) is 11.6 Å². The van der Waals surface area contributed by atoms with Gasteiger partial charge in [-0.15, -0.1) is 0 Å². The lowest BCUT2D eigenvalue weighted by Gasteiger charge is -2.24. The molecule has 0 saturated heterocycles. The van der Waals surface area contributed by atoms with Crippen LogP contribution in [0, 0.1) is 0 Å². The van der Waals surface area contributed by atoms with Crippen LogP contribution in [-0.4, -0.2) is 42.2 Å². The molecule has 1 fully saturated rings. The fraction of sp³-hybridized carbons (Fsp3) is 0.579. The van der Waals surface area contributed by atoms with E-state index in [-0.39, 0.29) is 17.2 Å². The Bertz CT molecular complexity index is 629. The van der Waals surface area contributed by atoms with Crippen molar-refractivity contribution in [2.75, 3.05) is 20.1 Å². The summed E-state index contributed by atoms with van der Waals surface area (Å²) in [5, 5.41) is 4.47. The second-order valence-electron chi connectivity index (χ2n) is 6.80. The minimum atomic E-state index is -0.365. The number of benzene rings is 1. The summed E-state index contributed by atoms with van der Waals surface area (Å²) in [6.07, 6.45) is 7.10. The molecule has 136 valence electrons. The number of carbonyl (C=O) groups is 1. The number of carbonyl (C=O) groups excluding carboxylic acids is 1. The predicted molar refractivity (Wildman–Crippen MR) is 106 cm³/mol. The Morgan fingerprint density at radius 3 is 2.64 bits per heavy atom. The Morgan fingerprint density at radius 2 is 2.00 bits per heavy atom. The van der Waals surface area contributed by atoms with E-state index in [1.165, 1.54) is 37.4 Å². The standard InChI is InChI=1S/C19H26ClN3OS/c1-23-13-12-21-19(23)25-17(15-10-6-7-11-16(15)20)18(24)22-14-8-4-2-3-5-9-14/h6-7,10-11,14,17H,2-5,8-9,12-13H2,1H3,(H,22,24). The molecule has 1 aromatic carbocycles. The second-order valence-corrected chi connectivity index (χ2v) is 8.28. The lowest BCUT2D eigenvalue weighted by atomic mass is 10.1. The number of nitrogens with one attached hydrogen (secondary N) is 1. The number of amidine groups is 1. The van der Waals surface area contributed by atoms with E-state index in [0.717, 1.165) is 36.7 Å². The van der Waals surface area contributed by atoms with Gasteiger partial charge in [0.1, 0.15) is 5.25 Å². The fourth-order valence-corrected chi connectivity index (χ4v) is 4.86. The van der Waals surface area contributed by atoms with Gasteiger partial charge < -0.3 is 10.2 Å². The summed E-state index contributed by atoms with van der Waals surface area (Å²) >= 11 is 7.92. The van der Waals surface area contributed by atoms with Gasteiger partial charge in [0.2, 0.25) is 5.91 Å². The van der Waals surface area contributed by atoms with Crippen molar-refractivity contribution in [1.82, 2.24) is 10.2 Å². The van der Waals surface area contributed by atoms with E-state index >= 15 is 0 Å². The molecule has 0 aromatic heterocycles. The molecule has 4 nitrogen and oxygen atoms in total. The van der Waals surface area contributed by atoms with Gasteiger partial charge in [-0.2, -0.15) is 0 Å². The summed E-state index contributed by atoms with van der Waals surface area (Å²) in [7, 11) is 2.02. The van der Waals surface area contributed by atoms with Crippen LogP contribution in [0.5, 0.6) is 0 Å². The fourth-order valence-electron chi connectivity index (χ4n) is 3.39. The van der Waals surface area contributed by atoms with Crippen molar-refractivity contribution >= 4 is 34.4 Å². The average molecular weight is 380 g/mol. The van der Waals surface area contributed by atoms with Crippen molar-refractivity contribution in [3.8, 4) is 0 Å². The highest BCUT2D eigenvalue weighted by atomic mass is 35.5. The molecule has 1 N–H and O–H groups in total. The van der Waals surface area contributed by atoms with Crippen LogP contribution in [0.25, 0.3) is 0 Å². The van der Waals surface area contributed by atoms with Gasteiger partial charge in [0.15, 0.2) is 5.17 Å². The van der Waals surface area contributed by atoms with Gasteiger partial charge in [-0.1, -0.05) is 67.2 Å². The third kappa shape index (κ3) is 4.91. The largest absolute Gasteiger partial charge is 0.353 e. The van der Waals surface area contributed by atoms with Crippen LogP contribution < -0.4 is 5.32 Å². The number of hydrogen-bond acceptors (Lipinski definition) is 4. The normalized spacial score (nSPS) is 20.1. The molecule has 1 atom stereocenters. The molecule has 1 heterocycles. The molecule has 6 heteroatoms. The van der Waals surface area contributed by atoms with Crippen LogP contribution in [0.4, 0.5) is 0 Å². The Hall–Kier alpha value is -1.20. The molecule has 2 aliphatic rings. The van der Waals surface area contributed by atoms with Crippen LogP contribution in [0.2, 0.25) is 5.02 Å². The first-order valence-electron chi connectivity index (χ1n) is 9.12. The zero-order valence-corrected chi connectivity index (χ0v) is 16.3. The molecule has 1 amide bonds. The number of thioether (sulfide) groups is 1. The molecule has 25 heavy (non-hydrogen) atoms.